The number of hydrogen-bond acceptors (Lipinski definition) is 4. The van der Waals surface area contributed by atoms with Gasteiger partial charge in [-0.1, -0.05) is 23.0 Å². The summed E-state index contributed by atoms with van der Waals surface area (Å²) in [5.74, 6) is 0.0914. The summed E-state index contributed by atoms with van der Waals surface area (Å²) in [5.41, 5.74) is 8.83. The summed E-state index contributed by atoms with van der Waals surface area (Å²) in [6.07, 6.45) is 3.34. The van der Waals surface area contributed by atoms with Crippen molar-refractivity contribution >= 4 is 17.6 Å². The summed E-state index contributed by atoms with van der Waals surface area (Å²) in [6, 6.07) is 7.98. The van der Waals surface area contributed by atoms with Crippen molar-refractivity contribution in [1.29, 1.82) is 0 Å². The van der Waals surface area contributed by atoms with Crippen LogP contribution in [0.1, 0.15) is 16.7 Å². The Kier molecular flexibility index (Phi) is 4.06. The van der Waals surface area contributed by atoms with E-state index in [2.05, 4.69) is 42.2 Å². The Morgan fingerprint density at radius 1 is 1.26 bits per heavy atom. The molecular formula is C14H15N3OS. The highest BCUT2D eigenvalue weighted by Gasteiger charge is 2.09. The summed E-state index contributed by atoms with van der Waals surface area (Å²) < 4.78 is 0. The Balaban J connectivity index is 2.35. The molecule has 0 saturated heterocycles. The SMILES string of the molecule is Cc1ccc(Sc2cnccc2/C(N)=N/O)cc1C. The molecule has 4 nitrogen and oxygen atoms in total. The van der Waals surface area contributed by atoms with E-state index in [0.717, 1.165) is 9.79 Å². The molecule has 0 aliphatic carbocycles. The third kappa shape index (κ3) is 3.06. The lowest BCUT2D eigenvalue weighted by Gasteiger charge is -2.08. The van der Waals surface area contributed by atoms with Gasteiger partial charge in [0.05, 0.1) is 0 Å². The maximum Gasteiger partial charge on any atom is 0.171 e. The van der Waals surface area contributed by atoms with Crippen LogP contribution < -0.4 is 5.73 Å². The molecule has 98 valence electrons. The van der Waals surface area contributed by atoms with Gasteiger partial charge in [-0.05, 0) is 43.2 Å². The van der Waals surface area contributed by atoms with Crippen LogP contribution in [0.3, 0.4) is 0 Å². The Morgan fingerprint density at radius 3 is 2.74 bits per heavy atom. The number of oxime groups is 1. The standard InChI is InChI=1S/C14H15N3OS/c1-9-3-4-11(7-10(9)2)19-13-8-16-6-5-12(13)14(15)17-18/h3-8,18H,1-2H3,(H2,15,17). The predicted octanol–water partition coefficient (Wildman–Crippen LogP) is 2.94. The summed E-state index contributed by atoms with van der Waals surface area (Å²) >= 11 is 1.55. The second-order valence-electron chi connectivity index (χ2n) is 4.21. The third-order valence-corrected chi connectivity index (χ3v) is 3.91. The topological polar surface area (TPSA) is 71.5 Å². The molecule has 3 N–H and O–H groups in total. The van der Waals surface area contributed by atoms with E-state index in [0.29, 0.717) is 5.56 Å². The van der Waals surface area contributed by atoms with Crippen molar-refractivity contribution in [2.24, 2.45) is 10.9 Å². The number of benzene rings is 1. The molecule has 5 heteroatoms. The number of hydrogen-bond donors (Lipinski definition) is 2. The Morgan fingerprint density at radius 2 is 2.05 bits per heavy atom. The first-order chi connectivity index (χ1) is 9.11. The first-order valence-electron chi connectivity index (χ1n) is 5.79. The highest BCUT2D eigenvalue weighted by molar-refractivity contribution is 7.99. The summed E-state index contributed by atoms with van der Waals surface area (Å²) in [5, 5.41) is 11.8. The Labute approximate surface area is 116 Å². The number of aromatic nitrogens is 1. The summed E-state index contributed by atoms with van der Waals surface area (Å²) in [7, 11) is 0. The van der Waals surface area contributed by atoms with Gasteiger partial charge in [0, 0.05) is 27.7 Å². The van der Waals surface area contributed by atoms with Gasteiger partial charge in [0.25, 0.3) is 0 Å². The molecule has 0 fully saturated rings. The van der Waals surface area contributed by atoms with Gasteiger partial charge in [-0.3, -0.25) is 4.98 Å². The van der Waals surface area contributed by atoms with E-state index in [-0.39, 0.29) is 5.84 Å². The predicted molar refractivity (Wildman–Crippen MR) is 76.8 cm³/mol. The number of rotatable bonds is 3. The van der Waals surface area contributed by atoms with E-state index in [1.54, 1.807) is 30.2 Å². The molecule has 2 rings (SSSR count). The van der Waals surface area contributed by atoms with Gasteiger partial charge in [0.2, 0.25) is 0 Å². The van der Waals surface area contributed by atoms with Gasteiger partial charge in [0.15, 0.2) is 5.84 Å². The van der Waals surface area contributed by atoms with Crippen molar-refractivity contribution in [3.63, 3.8) is 0 Å². The zero-order valence-corrected chi connectivity index (χ0v) is 11.6. The summed E-state index contributed by atoms with van der Waals surface area (Å²) in [4.78, 5) is 6.05. The molecule has 0 bridgehead atoms. The minimum atomic E-state index is 0.0914. The molecule has 0 amide bonds. The lowest BCUT2D eigenvalue weighted by atomic mass is 10.1. The fraction of sp³-hybridized carbons (Fsp3) is 0.143. The monoisotopic (exact) mass is 273 g/mol. The second-order valence-corrected chi connectivity index (χ2v) is 5.32. The van der Waals surface area contributed by atoms with Crippen LogP contribution in [0.25, 0.3) is 0 Å². The second kappa shape index (κ2) is 5.75. The van der Waals surface area contributed by atoms with Crippen molar-refractivity contribution in [3.8, 4) is 0 Å². The molecule has 0 radical (unpaired) electrons. The van der Waals surface area contributed by atoms with E-state index in [9.17, 15) is 0 Å². The van der Waals surface area contributed by atoms with Gasteiger partial charge in [0.1, 0.15) is 0 Å². The Hall–Kier alpha value is -2.01. The average molecular weight is 273 g/mol. The normalized spacial score (nSPS) is 11.6. The maximum atomic E-state index is 8.79. The van der Waals surface area contributed by atoms with Crippen molar-refractivity contribution in [2.75, 3.05) is 0 Å². The van der Waals surface area contributed by atoms with Crippen molar-refractivity contribution in [1.82, 2.24) is 4.98 Å². The Bertz CT molecular complexity index is 626. The van der Waals surface area contributed by atoms with Crippen molar-refractivity contribution in [2.45, 2.75) is 23.6 Å². The molecule has 2 aromatic rings. The lowest BCUT2D eigenvalue weighted by Crippen LogP contribution is -2.14. The molecule has 1 aromatic carbocycles. The summed E-state index contributed by atoms with van der Waals surface area (Å²) in [6.45, 7) is 4.16. The molecular weight excluding hydrogens is 258 g/mol. The van der Waals surface area contributed by atoms with E-state index >= 15 is 0 Å². The molecule has 0 spiro atoms. The van der Waals surface area contributed by atoms with E-state index in [1.807, 2.05) is 0 Å². The van der Waals surface area contributed by atoms with Gasteiger partial charge < -0.3 is 10.9 Å². The van der Waals surface area contributed by atoms with Crippen LogP contribution in [0.5, 0.6) is 0 Å². The van der Waals surface area contributed by atoms with Gasteiger partial charge in [-0.2, -0.15) is 0 Å². The smallest absolute Gasteiger partial charge is 0.171 e. The van der Waals surface area contributed by atoms with Crippen LogP contribution in [0.2, 0.25) is 0 Å². The molecule has 0 saturated carbocycles. The first kappa shape index (κ1) is 13.4. The fourth-order valence-electron chi connectivity index (χ4n) is 1.63. The van der Waals surface area contributed by atoms with Gasteiger partial charge in [-0.25, -0.2) is 0 Å². The van der Waals surface area contributed by atoms with Crippen LogP contribution in [-0.2, 0) is 0 Å². The number of amidine groups is 1. The molecule has 19 heavy (non-hydrogen) atoms. The number of pyridine rings is 1. The van der Waals surface area contributed by atoms with Crippen molar-refractivity contribution < 1.29 is 5.21 Å². The number of nitrogens with zero attached hydrogens (tertiary/aromatic N) is 2. The lowest BCUT2D eigenvalue weighted by molar-refractivity contribution is 0.318. The minimum absolute atomic E-state index is 0.0914. The number of nitrogens with two attached hydrogens (primary N) is 1. The van der Waals surface area contributed by atoms with Crippen LogP contribution >= 0.6 is 11.8 Å². The molecule has 0 aliphatic rings. The largest absolute Gasteiger partial charge is 0.409 e. The van der Waals surface area contributed by atoms with E-state index in [1.165, 1.54) is 11.1 Å². The molecule has 1 heterocycles. The first-order valence-corrected chi connectivity index (χ1v) is 6.60. The van der Waals surface area contributed by atoms with Crippen LogP contribution in [-0.4, -0.2) is 16.0 Å². The average Bonchev–Trinajstić information content (AvgIpc) is 2.43. The van der Waals surface area contributed by atoms with Crippen LogP contribution in [0, 0.1) is 13.8 Å². The number of aryl methyl sites for hydroxylation is 2. The zero-order chi connectivity index (χ0) is 13.8. The highest BCUT2D eigenvalue weighted by atomic mass is 32.2. The zero-order valence-electron chi connectivity index (χ0n) is 10.8. The molecule has 0 atom stereocenters. The van der Waals surface area contributed by atoms with Crippen LogP contribution in [0.4, 0.5) is 0 Å². The van der Waals surface area contributed by atoms with Gasteiger partial charge in [-0.15, -0.1) is 0 Å². The fourth-order valence-corrected chi connectivity index (χ4v) is 2.65. The molecule has 0 aliphatic heterocycles. The molecule has 1 aromatic heterocycles. The quantitative estimate of drug-likeness (QED) is 0.390. The van der Waals surface area contributed by atoms with Crippen LogP contribution in [0.15, 0.2) is 51.6 Å². The van der Waals surface area contributed by atoms with E-state index in [4.69, 9.17) is 10.9 Å². The highest BCUT2D eigenvalue weighted by Crippen LogP contribution is 2.30. The third-order valence-electron chi connectivity index (χ3n) is 2.87. The van der Waals surface area contributed by atoms with Crippen molar-refractivity contribution in [3.05, 3.63) is 53.3 Å². The minimum Gasteiger partial charge on any atom is -0.409 e. The molecule has 0 unspecified atom stereocenters. The maximum absolute atomic E-state index is 8.79. The van der Waals surface area contributed by atoms with Gasteiger partial charge >= 0.3 is 0 Å². The van der Waals surface area contributed by atoms with E-state index < -0.39 is 0 Å².